The number of esters is 2. The lowest BCUT2D eigenvalue weighted by Crippen LogP contribution is -2.16. The molecule has 0 aliphatic rings. The molecule has 2 aromatic carbocycles. The number of H-pyrrole nitrogens is 1. The van der Waals surface area contributed by atoms with Crippen LogP contribution in [0, 0.1) is 13.8 Å². The first-order valence-electron chi connectivity index (χ1n) is 8.98. The van der Waals surface area contributed by atoms with E-state index in [0.717, 1.165) is 10.8 Å². The number of rotatable bonds is 6. The summed E-state index contributed by atoms with van der Waals surface area (Å²) in [6.07, 6.45) is 0. The molecule has 0 fully saturated rings. The largest absolute Gasteiger partial charge is 0.462 e. The number of aryl methyl sites for hydroxylation is 1. The number of aromatic amines is 1. The maximum atomic E-state index is 12.6. The Bertz CT molecular complexity index is 1060. The Morgan fingerprint density at radius 3 is 2.39 bits per heavy atom. The van der Waals surface area contributed by atoms with Crippen LogP contribution in [-0.4, -0.2) is 35.9 Å². The van der Waals surface area contributed by atoms with Crippen LogP contribution >= 0.6 is 0 Å². The molecule has 0 radical (unpaired) electrons. The number of Topliss-reactive ketones (excluding diaryl/α,β-unsaturated/α-hetero) is 1. The van der Waals surface area contributed by atoms with Gasteiger partial charge in [-0.2, -0.15) is 0 Å². The molecule has 0 saturated carbocycles. The van der Waals surface area contributed by atoms with Crippen molar-refractivity contribution >= 4 is 28.5 Å². The van der Waals surface area contributed by atoms with Crippen LogP contribution in [0.4, 0.5) is 0 Å². The smallest absolute Gasteiger partial charge is 0.340 e. The van der Waals surface area contributed by atoms with Gasteiger partial charge in [0.1, 0.15) is 0 Å². The maximum Gasteiger partial charge on any atom is 0.340 e. The first-order chi connectivity index (χ1) is 13.4. The molecule has 0 unspecified atom stereocenters. The van der Waals surface area contributed by atoms with E-state index in [1.807, 2.05) is 30.3 Å². The van der Waals surface area contributed by atoms with Crippen LogP contribution in [0.5, 0.6) is 0 Å². The summed E-state index contributed by atoms with van der Waals surface area (Å²) in [7, 11) is 0. The lowest BCUT2D eigenvalue weighted by Gasteiger charge is -2.07. The predicted octanol–water partition coefficient (Wildman–Crippen LogP) is 4.00. The number of carbonyl (C=O) groups is 3. The first kappa shape index (κ1) is 19.4. The third-order valence-corrected chi connectivity index (χ3v) is 4.54. The summed E-state index contributed by atoms with van der Waals surface area (Å²) in [4.78, 5) is 40.0. The van der Waals surface area contributed by atoms with Crippen LogP contribution in [0.2, 0.25) is 0 Å². The van der Waals surface area contributed by atoms with Crippen LogP contribution in [0.15, 0.2) is 42.5 Å². The van der Waals surface area contributed by atoms with Crippen molar-refractivity contribution in [3.05, 3.63) is 70.5 Å². The summed E-state index contributed by atoms with van der Waals surface area (Å²) in [6, 6.07) is 12.8. The minimum absolute atomic E-state index is 0.242. The Kier molecular flexibility index (Phi) is 5.59. The number of hydrogen-bond acceptors (Lipinski definition) is 5. The molecule has 1 N–H and O–H groups in total. The van der Waals surface area contributed by atoms with E-state index in [1.54, 1.807) is 32.9 Å². The predicted molar refractivity (Wildman–Crippen MR) is 105 cm³/mol. The second-order valence-electron chi connectivity index (χ2n) is 6.37. The van der Waals surface area contributed by atoms with Crippen molar-refractivity contribution in [1.82, 2.24) is 4.98 Å². The Balaban J connectivity index is 1.76. The van der Waals surface area contributed by atoms with Gasteiger partial charge in [-0.05, 0) is 43.2 Å². The van der Waals surface area contributed by atoms with Crippen molar-refractivity contribution in [2.75, 3.05) is 13.2 Å². The normalized spacial score (nSPS) is 10.7. The second kappa shape index (κ2) is 8.08. The lowest BCUT2D eigenvalue weighted by atomic mass is 10.0. The number of hydrogen-bond donors (Lipinski definition) is 1. The van der Waals surface area contributed by atoms with Gasteiger partial charge in [0.05, 0.1) is 23.4 Å². The number of benzene rings is 2. The molecule has 0 saturated heterocycles. The molecule has 0 atom stereocenters. The number of ketones is 1. The monoisotopic (exact) mass is 379 g/mol. The van der Waals surface area contributed by atoms with Gasteiger partial charge in [0.2, 0.25) is 5.78 Å². The van der Waals surface area contributed by atoms with E-state index in [1.165, 1.54) is 0 Å². The van der Waals surface area contributed by atoms with Gasteiger partial charge in [0.15, 0.2) is 6.61 Å². The van der Waals surface area contributed by atoms with Crippen molar-refractivity contribution in [1.29, 1.82) is 0 Å². The fourth-order valence-electron chi connectivity index (χ4n) is 3.22. The first-order valence-corrected chi connectivity index (χ1v) is 8.98. The number of fused-ring (bicyclic) bond motifs is 1. The highest BCUT2D eigenvalue weighted by molar-refractivity contribution is 6.06. The van der Waals surface area contributed by atoms with Crippen LogP contribution in [0.1, 0.15) is 49.4 Å². The zero-order valence-corrected chi connectivity index (χ0v) is 16.0. The van der Waals surface area contributed by atoms with Gasteiger partial charge in [-0.1, -0.05) is 36.4 Å². The van der Waals surface area contributed by atoms with E-state index in [0.29, 0.717) is 22.4 Å². The van der Waals surface area contributed by atoms with Crippen molar-refractivity contribution < 1.29 is 23.9 Å². The zero-order valence-electron chi connectivity index (χ0n) is 16.0. The molecule has 3 rings (SSSR count). The molecule has 0 amide bonds. The molecular weight excluding hydrogens is 358 g/mol. The van der Waals surface area contributed by atoms with E-state index in [2.05, 4.69) is 4.98 Å². The molecule has 28 heavy (non-hydrogen) atoms. The Morgan fingerprint density at radius 1 is 0.929 bits per heavy atom. The highest BCUT2D eigenvalue weighted by atomic mass is 16.5. The second-order valence-corrected chi connectivity index (χ2v) is 6.37. The molecule has 0 bridgehead atoms. The molecule has 6 heteroatoms. The van der Waals surface area contributed by atoms with Gasteiger partial charge in [-0.25, -0.2) is 9.59 Å². The third kappa shape index (κ3) is 3.67. The van der Waals surface area contributed by atoms with Gasteiger partial charge in [0, 0.05) is 5.69 Å². The average molecular weight is 379 g/mol. The van der Waals surface area contributed by atoms with Crippen LogP contribution < -0.4 is 0 Å². The van der Waals surface area contributed by atoms with E-state index in [-0.39, 0.29) is 12.3 Å². The van der Waals surface area contributed by atoms with Gasteiger partial charge in [-0.15, -0.1) is 0 Å². The highest BCUT2D eigenvalue weighted by Gasteiger charge is 2.23. The van der Waals surface area contributed by atoms with E-state index < -0.39 is 24.3 Å². The van der Waals surface area contributed by atoms with E-state index in [9.17, 15) is 14.4 Å². The minimum atomic E-state index is -0.573. The summed E-state index contributed by atoms with van der Waals surface area (Å²) >= 11 is 0. The standard InChI is InChI=1S/C22H21NO5/c1-4-27-22(26)19-13(2)20(23-14(19)3)18(24)12-28-21(25)17-11-7-9-15-8-5-6-10-16(15)17/h5-11,23H,4,12H2,1-3H3. The van der Waals surface area contributed by atoms with E-state index >= 15 is 0 Å². The van der Waals surface area contributed by atoms with Crippen molar-refractivity contribution in [2.24, 2.45) is 0 Å². The average Bonchev–Trinajstić information content (AvgIpc) is 2.99. The summed E-state index contributed by atoms with van der Waals surface area (Å²) in [6.45, 7) is 4.89. The quantitative estimate of drug-likeness (QED) is 0.517. The zero-order chi connectivity index (χ0) is 20.3. The SMILES string of the molecule is CCOC(=O)c1c(C)[nH]c(C(=O)COC(=O)c2cccc3ccccc23)c1C. The molecule has 0 aliphatic carbocycles. The molecule has 6 nitrogen and oxygen atoms in total. The van der Waals surface area contributed by atoms with Crippen LogP contribution in [-0.2, 0) is 9.47 Å². The summed E-state index contributed by atoms with van der Waals surface area (Å²) in [5.74, 6) is -1.47. The molecular formula is C22H21NO5. The van der Waals surface area contributed by atoms with Crippen LogP contribution in [0.25, 0.3) is 10.8 Å². The minimum Gasteiger partial charge on any atom is -0.462 e. The fraction of sp³-hybridized carbons (Fsp3) is 0.227. The molecule has 3 aromatic rings. The van der Waals surface area contributed by atoms with Gasteiger partial charge < -0.3 is 14.5 Å². The van der Waals surface area contributed by atoms with Gasteiger partial charge in [0.25, 0.3) is 0 Å². The van der Waals surface area contributed by atoms with Gasteiger partial charge in [-0.3, -0.25) is 4.79 Å². The number of aromatic nitrogens is 1. The molecule has 1 heterocycles. The van der Waals surface area contributed by atoms with Gasteiger partial charge >= 0.3 is 11.9 Å². The molecule has 1 aromatic heterocycles. The van der Waals surface area contributed by atoms with Crippen molar-refractivity contribution in [2.45, 2.75) is 20.8 Å². The third-order valence-electron chi connectivity index (χ3n) is 4.54. The molecule has 0 aliphatic heterocycles. The topological polar surface area (TPSA) is 85.5 Å². The van der Waals surface area contributed by atoms with Crippen LogP contribution in [0.3, 0.4) is 0 Å². The number of carbonyl (C=O) groups excluding carboxylic acids is 3. The number of ether oxygens (including phenoxy) is 2. The Morgan fingerprint density at radius 2 is 1.64 bits per heavy atom. The molecule has 144 valence electrons. The molecule has 0 spiro atoms. The van der Waals surface area contributed by atoms with Crippen molar-refractivity contribution in [3.63, 3.8) is 0 Å². The van der Waals surface area contributed by atoms with Crippen molar-refractivity contribution in [3.8, 4) is 0 Å². The summed E-state index contributed by atoms with van der Waals surface area (Å²) < 4.78 is 10.3. The summed E-state index contributed by atoms with van der Waals surface area (Å²) in [5, 5.41) is 1.68. The Hall–Kier alpha value is -3.41. The highest BCUT2D eigenvalue weighted by Crippen LogP contribution is 2.21. The fourth-order valence-corrected chi connectivity index (χ4v) is 3.22. The lowest BCUT2D eigenvalue weighted by molar-refractivity contribution is 0.0474. The Labute approximate surface area is 162 Å². The summed E-state index contributed by atoms with van der Waals surface area (Å²) in [5.41, 5.74) is 2.01. The number of nitrogens with one attached hydrogen (secondary N) is 1. The van der Waals surface area contributed by atoms with E-state index in [4.69, 9.17) is 9.47 Å². The maximum absolute atomic E-state index is 12.6.